The van der Waals surface area contributed by atoms with Crippen molar-refractivity contribution in [1.82, 2.24) is 4.57 Å². The number of hydrogen-bond donors (Lipinski definition) is 0. The Labute approximate surface area is 160 Å². The Morgan fingerprint density at radius 1 is 1.11 bits per heavy atom. The van der Waals surface area contributed by atoms with Gasteiger partial charge >= 0.3 is 11.9 Å². The monoisotopic (exact) mass is 373 g/mol. The van der Waals surface area contributed by atoms with Gasteiger partial charge in [-0.25, -0.2) is 4.79 Å². The smallest absolute Gasteiger partial charge is 0.355 e. The second-order valence-corrected chi connectivity index (χ2v) is 7.40. The van der Waals surface area contributed by atoms with Crippen molar-refractivity contribution in [3.8, 4) is 5.75 Å². The first kappa shape index (κ1) is 20.6. The van der Waals surface area contributed by atoms with Gasteiger partial charge in [-0.1, -0.05) is 17.7 Å². The molecule has 1 atom stereocenters. The minimum absolute atomic E-state index is 0.175. The Morgan fingerprint density at radius 2 is 1.78 bits per heavy atom. The van der Waals surface area contributed by atoms with E-state index in [9.17, 15) is 9.59 Å². The predicted octanol–water partition coefficient (Wildman–Crippen LogP) is 3.76. The highest BCUT2D eigenvalue weighted by Crippen LogP contribution is 2.15. The van der Waals surface area contributed by atoms with Crippen molar-refractivity contribution in [2.45, 2.75) is 52.9 Å². The van der Waals surface area contributed by atoms with E-state index in [1.807, 2.05) is 52.0 Å². The van der Waals surface area contributed by atoms with E-state index < -0.39 is 23.6 Å². The summed E-state index contributed by atoms with van der Waals surface area (Å²) in [5.41, 5.74) is 0.946. The summed E-state index contributed by atoms with van der Waals surface area (Å²) in [5, 5.41) is 0. The second-order valence-electron chi connectivity index (χ2n) is 7.40. The van der Waals surface area contributed by atoms with E-state index in [4.69, 9.17) is 14.2 Å². The minimum Gasteiger partial charge on any atom is -0.490 e. The molecule has 1 unspecified atom stereocenters. The van der Waals surface area contributed by atoms with Gasteiger partial charge in [-0.15, -0.1) is 0 Å². The molecule has 0 saturated carbocycles. The maximum absolute atomic E-state index is 12.4. The van der Waals surface area contributed by atoms with Crippen LogP contribution in [-0.4, -0.2) is 34.8 Å². The lowest BCUT2D eigenvalue weighted by atomic mass is 10.2. The lowest BCUT2D eigenvalue weighted by Gasteiger charge is -2.22. The van der Waals surface area contributed by atoms with Crippen molar-refractivity contribution in [1.29, 1.82) is 0 Å². The van der Waals surface area contributed by atoms with Gasteiger partial charge in [0.15, 0.2) is 6.10 Å². The number of aromatic nitrogens is 1. The highest BCUT2D eigenvalue weighted by atomic mass is 16.6. The second kappa shape index (κ2) is 8.75. The summed E-state index contributed by atoms with van der Waals surface area (Å²) in [7, 11) is 0. The van der Waals surface area contributed by atoms with Crippen LogP contribution >= 0.6 is 0 Å². The summed E-state index contributed by atoms with van der Waals surface area (Å²) in [6.45, 7) is 9.25. The van der Waals surface area contributed by atoms with Gasteiger partial charge in [0.2, 0.25) is 0 Å². The molecule has 1 aromatic carbocycles. The summed E-state index contributed by atoms with van der Waals surface area (Å²) in [6, 6.07) is 11.1. The van der Waals surface area contributed by atoms with E-state index in [1.54, 1.807) is 22.9 Å². The molecule has 0 spiro atoms. The number of hydrogen-bond acceptors (Lipinski definition) is 5. The third-order valence-corrected chi connectivity index (χ3v) is 3.63. The van der Waals surface area contributed by atoms with Gasteiger partial charge in [0.1, 0.15) is 23.7 Å². The van der Waals surface area contributed by atoms with Gasteiger partial charge in [-0.05, 0) is 52.0 Å². The molecule has 0 radical (unpaired) electrons. The number of aryl methyl sites for hydroxylation is 1. The number of ether oxygens (including phenoxy) is 3. The quantitative estimate of drug-likeness (QED) is 0.691. The first-order valence-corrected chi connectivity index (χ1v) is 8.89. The number of rotatable bonds is 7. The maximum atomic E-state index is 12.4. The van der Waals surface area contributed by atoms with Gasteiger partial charge in [0.25, 0.3) is 0 Å². The fourth-order valence-electron chi connectivity index (χ4n) is 2.49. The molecule has 2 rings (SSSR count). The van der Waals surface area contributed by atoms with Crippen LogP contribution in [-0.2, 0) is 20.8 Å². The van der Waals surface area contributed by atoms with Crippen LogP contribution in [0, 0.1) is 6.92 Å². The van der Waals surface area contributed by atoms with Crippen LogP contribution in [0.1, 0.15) is 43.7 Å². The molecule has 0 N–H and O–H groups in total. The van der Waals surface area contributed by atoms with E-state index in [-0.39, 0.29) is 13.2 Å². The zero-order chi connectivity index (χ0) is 20.0. The summed E-state index contributed by atoms with van der Waals surface area (Å²) in [5.74, 6) is -0.135. The molecular formula is C21H27NO5. The average Bonchev–Trinajstić information content (AvgIpc) is 3.00. The molecule has 0 bridgehead atoms. The normalized spacial score (nSPS) is 12.3. The molecule has 0 aliphatic rings. The van der Waals surface area contributed by atoms with Crippen molar-refractivity contribution in [3.05, 3.63) is 53.9 Å². The molecule has 0 amide bonds. The van der Waals surface area contributed by atoms with E-state index >= 15 is 0 Å². The van der Waals surface area contributed by atoms with Crippen molar-refractivity contribution in [3.63, 3.8) is 0 Å². The summed E-state index contributed by atoms with van der Waals surface area (Å²) < 4.78 is 18.3. The Bertz CT molecular complexity index is 771. The Hall–Kier alpha value is -2.76. The van der Waals surface area contributed by atoms with E-state index in [0.717, 1.165) is 5.56 Å². The topological polar surface area (TPSA) is 66.8 Å². The number of esters is 2. The maximum Gasteiger partial charge on any atom is 0.355 e. The highest BCUT2D eigenvalue weighted by molar-refractivity contribution is 5.88. The van der Waals surface area contributed by atoms with E-state index in [1.165, 1.54) is 6.92 Å². The van der Waals surface area contributed by atoms with Crippen LogP contribution in [0.4, 0.5) is 0 Å². The van der Waals surface area contributed by atoms with Crippen molar-refractivity contribution in [2.24, 2.45) is 0 Å². The molecule has 0 aliphatic carbocycles. The van der Waals surface area contributed by atoms with Crippen LogP contribution in [0.25, 0.3) is 0 Å². The lowest BCUT2D eigenvalue weighted by molar-refractivity contribution is -0.148. The molecule has 1 heterocycles. The fourth-order valence-corrected chi connectivity index (χ4v) is 2.49. The molecule has 0 saturated heterocycles. The fraction of sp³-hybridized carbons (Fsp3) is 0.429. The van der Waals surface area contributed by atoms with Crippen molar-refractivity contribution < 1.29 is 23.8 Å². The van der Waals surface area contributed by atoms with Gasteiger partial charge in [-0.3, -0.25) is 4.79 Å². The van der Waals surface area contributed by atoms with Crippen molar-refractivity contribution in [2.75, 3.05) is 6.61 Å². The Balaban J connectivity index is 2.07. The largest absolute Gasteiger partial charge is 0.490 e. The van der Waals surface area contributed by atoms with Crippen LogP contribution < -0.4 is 4.74 Å². The molecule has 6 heteroatoms. The Kier molecular flexibility index (Phi) is 6.66. The van der Waals surface area contributed by atoms with E-state index in [0.29, 0.717) is 11.4 Å². The highest BCUT2D eigenvalue weighted by Gasteiger charge is 2.22. The van der Waals surface area contributed by atoms with Gasteiger partial charge < -0.3 is 18.8 Å². The summed E-state index contributed by atoms with van der Waals surface area (Å²) in [6.07, 6.45) is 1.21. The SMILES string of the molecule is CC(=O)OC(COc1ccc(C)cc1)Cn1cccc1C(=O)OC(C)(C)C. The molecule has 27 heavy (non-hydrogen) atoms. The first-order valence-electron chi connectivity index (χ1n) is 8.89. The third kappa shape index (κ3) is 6.81. The Morgan fingerprint density at radius 3 is 2.37 bits per heavy atom. The van der Waals surface area contributed by atoms with Crippen LogP contribution in [0.2, 0.25) is 0 Å². The van der Waals surface area contributed by atoms with Gasteiger partial charge in [-0.2, -0.15) is 0 Å². The standard InChI is InChI=1S/C21H27NO5/c1-15-8-10-17(11-9-15)25-14-18(26-16(2)23)13-22-12-6-7-19(22)20(24)27-21(3,4)5/h6-12,18H,13-14H2,1-5H3. The number of benzene rings is 1. The van der Waals surface area contributed by atoms with Crippen LogP contribution in [0.5, 0.6) is 5.75 Å². The van der Waals surface area contributed by atoms with Crippen molar-refractivity contribution >= 4 is 11.9 Å². The zero-order valence-electron chi connectivity index (χ0n) is 16.5. The molecule has 1 aromatic heterocycles. The molecule has 6 nitrogen and oxygen atoms in total. The predicted molar refractivity (Wildman–Crippen MR) is 102 cm³/mol. The molecule has 146 valence electrons. The zero-order valence-corrected chi connectivity index (χ0v) is 16.5. The van der Waals surface area contributed by atoms with Gasteiger partial charge in [0.05, 0.1) is 6.54 Å². The summed E-state index contributed by atoms with van der Waals surface area (Å²) in [4.78, 5) is 23.8. The molecule has 2 aromatic rings. The van der Waals surface area contributed by atoms with Crippen LogP contribution in [0.15, 0.2) is 42.6 Å². The van der Waals surface area contributed by atoms with Crippen LogP contribution in [0.3, 0.4) is 0 Å². The molecular weight excluding hydrogens is 346 g/mol. The van der Waals surface area contributed by atoms with Gasteiger partial charge in [0, 0.05) is 13.1 Å². The molecule has 0 aliphatic heterocycles. The average molecular weight is 373 g/mol. The third-order valence-electron chi connectivity index (χ3n) is 3.63. The minimum atomic E-state index is -0.587. The number of carbonyl (C=O) groups excluding carboxylic acids is 2. The summed E-state index contributed by atoms with van der Waals surface area (Å²) >= 11 is 0. The number of nitrogens with zero attached hydrogens (tertiary/aromatic N) is 1. The number of carbonyl (C=O) groups is 2. The lowest BCUT2D eigenvalue weighted by Crippen LogP contribution is -2.31. The first-order chi connectivity index (χ1) is 12.6. The molecule has 0 fully saturated rings. The van der Waals surface area contributed by atoms with E-state index in [2.05, 4.69) is 0 Å².